The first-order valence-electron chi connectivity index (χ1n) is 7.24. The topological polar surface area (TPSA) is 40.6 Å². The van der Waals surface area contributed by atoms with Gasteiger partial charge in [-0.25, -0.2) is 0 Å². The van der Waals surface area contributed by atoms with Gasteiger partial charge in [0.15, 0.2) is 0 Å². The van der Waals surface area contributed by atoms with Crippen LogP contribution >= 0.6 is 0 Å². The maximum absolute atomic E-state index is 12.8. The molecule has 0 atom stereocenters. The van der Waals surface area contributed by atoms with E-state index in [2.05, 4.69) is 12.1 Å². The van der Waals surface area contributed by atoms with Gasteiger partial charge in [-0.15, -0.1) is 0 Å². The van der Waals surface area contributed by atoms with E-state index >= 15 is 0 Å². The second-order valence-electron chi connectivity index (χ2n) is 5.75. The lowest BCUT2D eigenvalue weighted by Crippen LogP contribution is -2.52. The summed E-state index contributed by atoms with van der Waals surface area (Å²) >= 11 is 0. The third kappa shape index (κ3) is 2.19. The fraction of sp³-hybridized carbons (Fsp3) is 0.500. The molecule has 1 aromatic rings. The summed E-state index contributed by atoms with van der Waals surface area (Å²) in [6.07, 6.45) is 1.89. The molecule has 1 aromatic carbocycles. The molecule has 1 aliphatic carbocycles. The molecular formula is C16H20N2O2. The van der Waals surface area contributed by atoms with Crippen LogP contribution in [0.1, 0.15) is 25.3 Å². The zero-order valence-corrected chi connectivity index (χ0v) is 11.8. The van der Waals surface area contributed by atoms with Crippen LogP contribution in [0.25, 0.3) is 0 Å². The number of hydrogen-bond acceptors (Lipinski definition) is 2. The van der Waals surface area contributed by atoms with Gasteiger partial charge in [-0.1, -0.05) is 30.3 Å². The summed E-state index contributed by atoms with van der Waals surface area (Å²) in [6, 6.07) is 10.1. The van der Waals surface area contributed by atoms with Gasteiger partial charge in [0.25, 0.3) is 0 Å². The van der Waals surface area contributed by atoms with Gasteiger partial charge in [0.05, 0.1) is 5.41 Å². The van der Waals surface area contributed by atoms with Crippen molar-refractivity contribution in [1.82, 2.24) is 9.80 Å². The Bertz CT molecular complexity index is 515. The minimum atomic E-state index is -0.278. The zero-order valence-electron chi connectivity index (χ0n) is 11.8. The minimum Gasteiger partial charge on any atom is -0.339 e. The Morgan fingerprint density at radius 2 is 1.50 bits per heavy atom. The van der Waals surface area contributed by atoms with Gasteiger partial charge in [0.1, 0.15) is 0 Å². The fourth-order valence-corrected chi connectivity index (χ4v) is 3.04. The third-order valence-corrected chi connectivity index (χ3v) is 4.50. The Morgan fingerprint density at radius 3 is 2.00 bits per heavy atom. The Morgan fingerprint density at radius 1 is 0.950 bits per heavy atom. The van der Waals surface area contributed by atoms with Crippen LogP contribution in [-0.2, 0) is 15.0 Å². The molecule has 0 aromatic heterocycles. The monoisotopic (exact) mass is 272 g/mol. The Labute approximate surface area is 119 Å². The van der Waals surface area contributed by atoms with E-state index in [4.69, 9.17) is 0 Å². The van der Waals surface area contributed by atoms with Crippen LogP contribution in [0.3, 0.4) is 0 Å². The molecule has 0 radical (unpaired) electrons. The molecule has 1 aliphatic heterocycles. The normalized spacial score (nSPS) is 20.6. The van der Waals surface area contributed by atoms with E-state index in [1.807, 2.05) is 28.0 Å². The van der Waals surface area contributed by atoms with Crippen LogP contribution in [0.15, 0.2) is 30.3 Å². The smallest absolute Gasteiger partial charge is 0.233 e. The maximum atomic E-state index is 12.8. The molecule has 4 heteroatoms. The van der Waals surface area contributed by atoms with Crippen LogP contribution < -0.4 is 0 Å². The van der Waals surface area contributed by atoms with Crippen molar-refractivity contribution >= 4 is 11.8 Å². The van der Waals surface area contributed by atoms with Gasteiger partial charge in [0.2, 0.25) is 11.8 Å². The molecule has 4 nitrogen and oxygen atoms in total. The molecule has 0 unspecified atom stereocenters. The highest BCUT2D eigenvalue weighted by Crippen LogP contribution is 2.49. The number of nitrogens with zero attached hydrogens (tertiary/aromatic N) is 2. The fourth-order valence-electron chi connectivity index (χ4n) is 3.04. The van der Waals surface area contributed by atoms with E-state index in [0.717, 1.165) is 18.4 Å². The van der Waals surface area contributed by atoms with Crippen molar-refractivity contribution in [2.75, 3.05) is 26.2 Å². The summed E-state index contributed by atoms with van der Waals surface area (Å²) in [7, 11) is 0. The van der Waals surface area contributed by atoms with Gasteiger partial charge >= 0.3 is 0 Å². The van der Waals surface area contributed by atoms with Gasteiger partial charge in [0, 0.05) is 33.1 Å². The maximum Gasteiger partial charge on any atom is 0.233 e. The number of carbonyl (C=O) groups excluding carboxylic acids is 2. The van der Waals surface area contributed by atoms with E-state index in [1.54, 1.807) is 6.92 Å². The molecule has 0 N–H and O–H groups in total. The van der Waals surface area contributed by atoms with E-state index in [9.17, 15) is 9.59 Å². The van der Waals surface area contributed by atoms with Crippen molar-refractivity contribution in [2.45, 2.75) is 25.2 Å². The van der Waals surface area contributed by atoms with E-state index in [-0.39, 0.29) is 17.2 Å². The predicted octanol–water partition coefficient (Wildman–Crippen LogP) is 1.41. The molecule has 2 fully saturated rings. The number of amides is 2. The summed E-state index contributed by atoms with van der Waals surface area (Å²) in [6.45, 7) is 4.22. The van der Waals surface area contributed by atoms with Gasteiger partial charge in [-0.3, -0.25) is 9.59 Å². The molecule has 20 heavy (non-hydrogen) atoms. The Kier molecular flexibility index (Phi) is 3.24. The largest absolute Gasteiger partial charge is 0.339 e. The lowest BCUT2D eigenvalue weighted by Gasteiger charge is -2.36. The highest BCUT2D eigenvalue weighted by molar-refractivity contribution is 5.91. The van der Waals surface area contributed by atoms with Crippen LogP contribution in [0.5, 0.6) is 0 Å². The summed E-state index contributed by atoms with van der Waals surface area (Å²) in [4.78, 5) is 27.9. The number of hydrogen-bond donors (Lipinski definition) is 0. The summed E-state index contributed by atoms with van der Waals surface area (Å²) in [5.74, 6) is 0.341. The molecule has 106 valence electrons. The predicted molar refractivity (Wildman–Crippen MR) is 76.2 cm³/mol. The second-order valence-corrected chi connectivity index (χ2v) is 5.75. The molecule has 1 heterocycles. The Balaban J connectivity index is 1.70. The van der Waals surface area contributed by atoms with Crippen LogP contribution in [-0.4, -0.2) is 47.8 Å². The standard InChI is InChI=1S/C16H20N2O2/c1-13(19)17-9-11-18(12-10-17)15(20)16(7-8-16)14-5-3-2-4-6-14/h2-6H,7-12H2,1H3. The summed E-state index contributed by atoms with van der Waals surface area (Å²) in [5.41, 5.74) is 0.860. The molecule has 0 bridgehead atoms. The van der Waals surface area contributed by atoms with Crippen molar-refractivity contribution in [3.63, 3.8) is 0 Å². The highest BCUT2D eigenvalue weighted by Gasteiger charge is 2.53. The Hall–Kier alpha value is -1.84. The van der Waals surface area contributed by atoms with Crippen LogP contribution in [0.4, 0.5) is 0 Å². The van der Waals surface area contributed by atoms with E-state index in [1.165, 1.54) is 0 Å². The molecule has 0 spiro atoms. The lowest BCUT2D eigenvalue weighted by molar-refractivity contribution is -0.140. The average Bonchev–Trinajstić information content (AvgIpc) is 3.29. The zero-order chi connectivity index (χ0) is 14.2. The van der Waals surface area contributed by atoms with Crippen LogP contribution in [0.2, 0.25) is 0 Å². The first-order valence-corrected chi connectivity index (χ1v) is 7.24. The van der Waals surface area contributed by atoms with Crippen molar-refractivity contribution in [1.29, 1.82) is 0 Å². The van der Waals surface area contributed by atoms with E-state index in [0.29, 0.717) is 26.2 Å². The van der Waals surface area contributed by atoms with Gasteiger partial charge in [-0.2, -0.15) is 0 Å². The molecule has 1 saturated carbocycles. The SMILES string of the molecule is CC(=O)N1CCN(C(=O)C2(c3ccccc3)CC2)CC1. The second kappa shape index (κ2) is 4.93. The minimum absolute atomic E-state index is 0.0984. The molecular weight excluding hydrogens is 252 g/mol. The highest BCUT2D eigenvalue weighted by atomic mass is 16.2. The first-order chi connectivity index (χ1) is 9.63. The van der Waals surface area contributed by atoms with Crippen molar-refractivity contribution in [3.05, 3.63) is 35.9 Å². The number of piperazine rings is 1. The molecule has 1 saturated heterocycles. The van der Waals surface area contributed by atoms with E-state index < -0.39 is 0 Å². The quantitative estimate of drug-likeness (QED) is 0.816. The lowest BCUT2D eigenvalue weighted by atomic mass is 9.94. The van der Waals surface area contributed by atoms with Gasteiger partial charge in [-0.05, 0) is 18.4 Å². The summed E-state index contributed by atoms with van der Waals surface area (Å²) in [5, 5.41) is 0. The van der Waals surface area contributed by atoms with Gasteiger partial charge < -0.3 is 9.80 Å². The molecule has 2 amide bonds. The first kappa shape index (κ1) is 13.2. The van der Waals surface area contributed by atoms with Crippen molar-refractivity contribution in [2.24, 2.45) is 0 Å². The molecule has 2 aliphatic rings. The third-order valence-electron chi connectivity index (χ3n) is 4.50. The summed E-state index contributed by atoms with van der Waals surface area (Å²) < 4.78 is 0. The number of rotatable bonds is 2. The average molecular weight is 272 g/mol. The molecule has 3 rings (SSSR count). The van der Waals surface area contributed by atoms with Crippen LogP contribution in [0, 0.1) is 0 Å². The number of carbonyl (C=O) groups is 2. The number of benzene rings is 1. The van der Waals surface area contributed by atoms with Crippen molar-refractivity contribution in [3.8, 4) is 0 Å². The van der Waals surface area contributed by atoms with Crippen molar-refractivity contribution < 1.29 is 9.59 Å².